The summed E-state index contributed by atoms with van der Waals surface area (Å²) in [6, 6.07) is 6.01. The molecule has 2 heterocycles. The Labute approximate surface area is 130 Å². The van der Waals surface area contributed by atoms with E-state index < -0.39 is 0 Å². The Kier molecular flexibility index (Phi) is 4.24. The van der Waals surface area contributed by atoms with E-state index in [9.17, 15) is 0 Å². The predicted octanol–water partition coefficient (Wildman–Crippen LogP) is 2.36. The Balaban J connectivity index is 1.79. The molecule has 1 aromatic carbocycles. The Morgan fingerprint density at radius 1 is 1.23 bits per heavy atom. The van der Waals surface area contributed by atoms with Crippen LogP contribution in [0, 0.1) is 6.92 Å². The lowest BCUT2D eigenvalue weighted by Gasteiger charge is -2.28. The molecule has 0 saturated heterocycles. The quantitative estimate of drug-likeness (QED) is 0.867. The van der Waals surface area contributed by atoms with Gasteiger partial charge in [0.1, 0.15) is 5.82 Å². The maximum atomic E-state index is 5.52. The molecule has 0 fully saturated rings. The summed E-state index contributed by atoms with van der Waals surface area (Å²) in [7, 11) is 3.35. The van der Waals surface area contributed by atoms with E-state index in [4.69, 9.17) is 9.47 Å². The fraction of sp³-hybridized carbons (Fsp3) is 0.412. The van der Waals surface area contributed by atoms with E-state index >= 15 is 0 Å². The maximum Gasteiger partial charge on any atom is 0.165 e. The fourth-order valence-electron chi connectivity index (χ4n) is 2.93. The lowest BCUT2D eigenvalue weighted by molar-refractivity contribution is 0.237. The fourth-order valence-corrected chi connectivity index (χ4v) is 2.93. The highest BCUT2D eigenvalue weighted by Crippen LogP contribution is 2.32. The van der Waals surface area contributed by atoms with Crippen LogP contribution in [-0.2, 0) is 19.5 Å². The summed E-state index contributed by atoms with van der Waals surface area (Å²) in [4.78, 5) is 11.2. The van der Waals surface area contributed by atoms with Gasteiger partial charge >= 0.3 is 0 Å². The zero-order valence-electron chi connectivity index (χ0n) is 13.3. The highest BCUT2D eigenvalue weighted by molar-refractivity contribution is 5.46. The van der Waals surface area contributed by atoms with Crippen LogP contribution in [0.3, 0.4) is 0 Å². The number of ether oxygens (including phenoxy) is 2. The average molecular weight is 299 g/mol. The van der Waals surface area contributed by atoms with E-state index in [0.717, 1.165) is 48.9 Å². The highest BCUT2D eigenvalue weighted by Gasteiger charge is 2.20. The second kappa shape index (κ2) is 6.32. The van der Waals surface area contributed by atoms with Crippen molar-refractivity contribution in [3.8, 4) is 11.5 Å². The Bertz CT molecular complexity index is 673. The molecule has 5 heteroatoms. The smallest absolute Gasteiger partial charge is 0.165 e. The first kappa shape index (κ1) is 14.8. The van der Waals surface area contributed by atoms with Crippen molar-refractivity contribution in [3.63, 3.8) is 0 Å². The van der Waals surface area contributed by atoms with Gasteiger partial charge < -0.3 is 9.47 Å². The number of para-hydroxylation sites is 1. The van der Waals surface area contributed by atoms with Crippen molar-refractivity contribution in [2.45, 2.75) is 26.4 Å². The van der Waals surface area contributed by atoms with Crippen LogP contribution in [0.5, 0.6) is 11.5 Å². The van der Waals surface area contributed by atoms with Crippen molar-refractivity contribution >= 4 is 0 Å². The minimum Gasteiger partial charge on any atom is -0.493 e. The van der Waals surface area contributed by atoms with Crippen LogP contribution in [0.2, 0.25) is 0 Å². The van der Waals surface area contributed by atoms with Crippen molar-refractivity contribution in [1.82, 2.24) is 14.9 Å². The lowest BCUT2D eigenvalue weighted by Crippen LogP contribution is -2.31. The first-order valence-corrected chi connectivity index (χ1v) is 7.45. The highest BCUT2D eigenvalue weighted by atomic mass is 16.5. The SMILES string of the molecule is COc1cccc(CN2CCc3nc(C)ncc3C2)c1OC. The Morgan fingerprint density at radius 3 is 2.86 bits per heavy atom. The lowest BCUT2D eigenvalue weighted by atomic mass is 10.1. The third kappa shape index (κ3) is 2.90. The third-order valence-corrected chi connectivity index (χ3v) is 4.01. The van der Waals surface area contributed by atoms with Gasteiger partial charge in [-0.1, -0.05) is 12.1 Å². The zero-order chi connectivity index (χ0) is 15.5. The van der Waals surface area contributed by atoms with Crippen LogP contribution in [-0.4, -0.2) is 35.6 Å². The number of benzene rings is 1. The number of aryl methyl sites for hydroxylation is 1. The number of rotatable bonds is 4. The summed E-state index contributed by atoms with van der Waals surface area (Å²) in [6.45, 7) is 4.63. The van der Waals surface area contributed by atoms with Crippen LogP contribution in [0.25, 0.3) is 0 Å². The van der Waals surface area contributed by atoms with Gasteiger partial charge in [0.2, 0.25) is 0 Å². The summed E-state index contributed by atoms with van der Waals surface area (Å²) < 4.78 is 10.9. The van der Waals surface area contributed by atoms with Crippen LogP contribution < -0.4 is 9.47 Å². The number of methoxy groups -OCH3 is 2. The van der Waals surface area contributed by atoms with Crippen LogP contribution in [0.1, 0.15) is 22.6 Å². The molecule has 0 radical (unpaired) electrons. The van der Waals surface area contributed by atoms with Crippen molar-refractivity contribution in [2.24, 2.45) is 0 Å². The Hall–Kier alpha value is -2.14. The van der Waals surface area contributed by atoms with Gasteiger partial charge in [-0.05, 0) is 13.0 Å². The Morgan fingerprint density at radius 2 is 2.09 bits per heavy atom. The minimum absolute atomic E-state index is 0.774. The molecule has 116 valence electrons. The molecular formula is C17H21N3O2. The predicted molar refractivity (Wildman–Crippen MR) is 84.1 cm³/mol. The molecule has 5 nitrogen and oxygen atoms in total. The van der Waals surface area contributed by atoms with E-state index in [2.05, 4.69) is 20.9 Å². The van der Waals surface area contributed by atoms with Gasteiger partial charge in [-0.2, -0.15) is 0 Å². The number of hydrogen-bond acceptors (Lipinski definition) is 5. The van der Waals surface area contributed by atoms with Crippen LogP contribution in [0.15, 0.2) is 24.4 Å². The molecule has 1 aliphatic heterocycles. The molecule has 1 aliphatic rings. The van der Waals surface area contributed by atoms with Gasteiger partial charge in [-0.3, -0.25) is 4.90 Å². The molecule has 1 aromatic heterocycles. The maximum absolute atomic E-state index is 5.52. The monoisotopic (exact) mass is 299 g/mol. The van der Waals surface area contributed by atoms with Crippen molar-refractivity contribution in [2.75, 3.05) is 20.8 Å². The van der Waals surface area contributed by atoms with E-state index in [1.54, 1.807) is 14.2 Å². The molecule has 0 aliphatic carbocycles. The molecule has 0 amide bonds. The van der Waals surface area contributed by atoms with Crippen LogP contribution in [0.4, 0.5) is 0 Å². The summed E-state index contributed by atoms with van der Waals surface area (Å²) in [5, 5.41) is 0. The topological polar surface area (TPSA) is 47.5 Å². The van der Waals surface area contributed by atoms with Crippen LogP contribution >= 0.6 is 0 Å². The van der Waals surface area contributed by atoms with E-state index in [1.165, 1.54) is 11.3 Å². The average Bonchev–Trinajstić information content (AvgIpc) is 2.54. The van der Waals surface area contributed by atoms with Gasteiger partial charge in [0.05, 0.1) is 14.2 Å². The molecular weight excluding hydrogens is 278 g/mol. The number of fused-ring (bicyclic) bond motifs is 1. The molecule has 0 bridgehead atoms. The first-order chi connectivity index (χ1) is 10.7. The summed E-state index contributed by atoms with van der Waals surface area (Å²) in [6.07, 6.45) is 2.91. The van der Waals surface area contributed by atoms with Gasteiger partial charge in [0, 0.05) is 49.1 Å². The van der Waals surface area contributed by atoms with Crippen molar-refractivity contribution in [3.05, 3.63) is 47.0 Å². The third-order valence-electron chi connectivity index (χ3n) is 4.01. The van der Waals surface area contributed by atoms with Crippen molar-refractivity contribution in [1.29, 1.82) is 0 Å². The second-order valence-corrected chi connectivity index (χ2v) is 5.50. The van der Waals surface area contributed by atoms with Gasteiger partial charge in [0.25, 0.3) is 0 Å². The molecule has 0 atom stereocenters. The standard InChI is InChI=1S/C17H21N3O2/c1-12-18-9-14-11-20(8-7-15(14)19-12)10-13-5-4-6-16(21-2)17(13)22-3/h4-6,9H,7-8,10-11H2,1-3H3. The molecule has 22 heavy (non-hydrogen) atoms. The molecule has 0 spiro atoms. The van der Waals surface area contributed by atoms with Crippen molar-refractivity contribution < 1.29 is 9.47 Å². The summed E-state index contributed by atoms with van der Waals surface area (Å²) in [5.41, 5.74) is 3.54. The number of aromatic nitrogens is 2. The summed E-state index contributed by atoms with van der Waals surface area (Å²) in [5.74, 6) is 2.44. The van der Waals surface area contributed by atoms with Gasteiger partial charge in [0.15, 0.2) is 11.5 Å². The minimum atomic E-state index is 0.774. The molecule has 3 rings (SSSR count). The van der Waals surface area contributed by atoms with Gasteiger partial charge in [-0.25, -0.2) is 9.97 Å². The first-order valence-electron chi connectivity index (χ1n) is 7.45. The van der Waals surface area contributed by atoms with E-state index in [1.807, 2.05) is 25.3 Å². The molecule has 2 aromatic rings. The number of nitrogens with zero attached hydrogens (tertiary/aromatic N) is 3. The zero-order valence-corrected chi connectivity index (χ0v) is 13.3. The largest absolute Gasteiger partial charge is 0.493 e. The normalized spacial score (nSPS) is 14.5. The molecule has 0 unspecified atom stereocenters. The molecule has 0 N–H and O–H groups in total. The van der Waals surface area contributed by atoms with E-state index in [-0.39, 0.29) is 0 Å². The molecule has 0 saturated carbocycles. The van der Waals surface area contributed by atoms with Gasteiger partial charge in [-0.15, -0.1) is 0 Å². The second-order valence-electron chi connectivity index (χ2n) is 5.50. The number of hydrogen-bond donors (Lipinski definition) is 0. The van der Waals surface area contributed by atoms with E-state index in [0.29, 0.717) is 0 Å². The summed E-state index contributed by atoms with van der Waals surface area (Å²) >= 11 is 0.